The first-order chi connectivity index (χ1) is 25.3. The van der Waals surface area contributed by atoms with Crippen LogP contribution in [-0.2, 0) is 0 Å². The second kappa shape index (κ2) is 10.9. The predicted molar refractivity (Wildman–Crippen MR) is 213 cm³/mol. The minimum atomic E-state index is 0.217. The van der Waals surface area contributed by atoms with E-state index in [2.05, 4.69) is 197 Å². The maximum atomic E-state index is 2.44. The summed E-state index contributed by atoms with van der Waals surface area (Å²) in [5, 5.41) is 5.02. The Kier molecular flexibility index (Phi) is 6.05. The Hall–Kier alpha value is -6.64. The number of nitrogens with zero attached hydrogens (tertiary/aromatic N) is 2. The van der Waals surface area contributed by atoms with E-state index in [4.69, 9.17) is 0 Å². The Balaban J connectivity index is 1.17. The fourth-order valence-corrected chi connectivity index (χ4v) is 8.76. The molecule has 1 aliphatic rings. The molecule has 2 nitrogen and oxygen atoms in total. The SMILES string of the molecule is c1ccc(C2c3ccccc3-c3ccc(-c4ccc5c(c4)c4cc6c(cc4n5-c4ccccc4)c4ccccc4n6-c4ccccc4)cc32)cc1. The summed E-state index contributed by atoms with van der Waals surface area (Å²) < 4.78 is 4.86. The minimum absolute atomic E-state index is 0.217. The van der Waals surface area contributed by atoms with Crippen molar-refractivity contribution < 1.29 is 0 Å². The molecule has 0 aliphatic heterocycles. The average molecular weight is 649 g/mol. The van der Waals surface area contributed by atoms with Gasteiger partial charge in [0.2, 0.25) is 0 Å². The van der Waals surface area contributed by atoms with E-state index in [1.807, 2.05) is 0 Å². The van der Waals surface area contributed by atoms with Gasteiger partial charge in [0.05, 0.1) is 22.1 Å². The van der Waals surface area contributed by atoms with E-state index in [1.165, 1.54) is 88.2 Å². The number of fused-ring (bicyclic) bond motifs is 9. The van der Waals surface area contributed by atoms with E-state index in [0.717, 1.165) is 5.69 Å². The van der Waals surface area contributed by atoms with Crippen molar-refractivity contribution in [2.45, 2.75) is 5.92 Å². The van der Waals surface area contributed by atoms with Gasteiger partial charge in [-0.2, -0.15) is 0 Å². The fourth-order valence-electron chi connectivity index (χ4n) is 8.76. The molecule has 0 radical (unpaired) electrons. The monoisotopic (exact) mass is 648 g/mol. The molecule has 0 N–H and O–H groups in total. The highest BCUT2D eigenvalue weighted by atomic mass is 15.0. The van der Waals surface area contributed by atoms with Crippen LogP contribution in [0.1, 0.15) is 22.6 Å². The molecular formula is C49H32N2. The van der Waals surface area contributed by atoms with E-state index < -0.39 is 0 Å². The third-order valence-electron chi connectivity index (χ3n) is 11.0. The van der Waals surface area contributed by atoms with E-state index >= 15 is 0 Å². The van der Waals surface area contributed by atoms with Crippen LogP contribution in [-0.4, -0.2) is 9.13 Å². The van der Waals surface area contributed by atoms with Gasteiger partial charge in [-0.3, -0.25) is 0 Å². The van der Waals surface area contributed by atoms with Crippen molar-refractivity contribution in [3.63, 3.8) is 0 Å². The molecule has 0 fully saturated rings. The molecule has 11 rings (SSSR count). The van der Waals surface area contributed by atoms with Crippen LogP contribution in [0.15, 0.2) is 188 Å². The van der Waals surface area contributed by atoms with Crippen molar-refractivity contribution in [2.24, 2.45) is 0 Å². The zero-order valence-electron chi connectivity index (χ0n) is 27.9. The van der Waals surface area contributed by atoms with Crippen LogP contribution < -0.4 is 0 Å². The van der Waals surface area contributed by atoms with Crippen molar-refractivity contribution in [3.8, 4) is 33.6 Å². The molecule has 1 unspecified atom stereocenters. The highest BCUT2D eigenvalue weighted by molar-refractivity contribution is 6.19. The molecule has 0 saturated carbocycles. The second-order valence-corrected chi connectivity index (χ2v) is 13.7. The molecule has 1 aliphatic carbocycles. The number of hydrogen-bond donors (Lipinski definition) is 0. The topological polar surface area (TPSA) is 9.86 Å². The Labute approximate surface area is 296 Å². The van der Waals surface area contributed by atoms with E-state index in [-0.39, 0.29) is 5.92 Å². The summed E-state index contributed by atoms with van der Waals surface area (Å²) >= 11 is 0. The van der Waals surface area contributed by atoms with Gasteiger partial charge >= 0.3 is 0 Å². The average Bonchev–Trinajstić information content (AvgIpc) is 3.82. The summed E-state index contributed by atoms with van der Waals surface area (Å²) in [6, 6.07) is 69.2. The molecule has 51 heavy (non-hydrogen) atoms. The van der Waals surface area contributed by atoms with Gasteiger partial charge in [-0.1, -0.05) is 127 Å². The van der Waals surface area contributed by atoms with E-state index in [1.54, 1.807) is 0 Å². The molecule has 2 heteroatoms. The Bertz CT molecular complexity index is 2950. The molecule has 0 saturated heterocycles. The van der Waals surface area contributed by atoms with Crippen LogP contribution >= 0.6 is 0 Å². The third-order valence-corrected chi connectivity index (χ3v) is 11.0. The van der Waals surface area contributed by atoms with Crippen molar-refractivity contribution >= 4 is 43.6 Å². The maximum absolute atomic E-state index is 2.44. The van der Waals surface area contributed by atoms with Crippen LogP contribution in [0.3, 0.4) is 0 Å². The lowest BCUT2D eigenvalue weighted by Crippen LogP contribution is -1.99. The molecule has 0 spiro atoms. The van der Waals surface area contributed by atoms with Gasteiger partial charge in [-0.15, -0.1) is 0 Å². The lowest BCUT2D eigenvalue weighted by atomic mass is 9.88. The molecule has 10 aromatic rings. The molecule has 0 amide bonds. The molecule has 2 heterocycles. The smallest absolute Gasteiger partial charge is 0.0548 e. The van der Waals surface area contributed by atoms with Crippen molar-refractivity contribution in [2.75, 3.05) is 0 Å². The van der Waals surface area contributed by atoms with Gasteiger partial charge in [0.15, 0.2) is 0 Å². The lowest BCUT2D eigenvalue weighted by molar-refractivity contribution is 1.02. The summed E-state index contributed by atoms with van der Waals surface area (Å²) in [6.07, 6.45) is 0. The number of rotatable bonds is 4. The van der Waals surface area contributed by atoms with E-state index in [0.29, 0.717) is 0 Å². The van der Waals surface area contributed by atoms with Gasteiger partial charge in [0, 0.05) is 38.8 Å². The van der Waals surface area contributed by atoms with Gasteiger partial charge < -0.3 is 9.13 Å². The normalized spacial score (nSPS) is 13.7. The quantitative estimate of drug-likeness (QED) is 0.180. The highest BCUT2D eigenvalue weighted by Gasteiger charge is 2.30. The first-order valence-corrected chi connectivity index (χ1v) is 17.7. The molecule has 8 aromatic carbocycles. The van der Waals surface area contributed by atoms with Gasteiger partial charge in [-0.25, -0.2) is 0 Å². The maximum Gasteiger partial charge on any atom is 0.0548 e. The van der Waals surface area contributed by atoms with Crippen LogP contribution in [0, 0.1) is 0 Å². The lowest BCUT2D eigenvalue weighted by Gasteiger charge is -2.15. The molecule has 1 atom stereocenters. The largest absolute Gasteiger partial charge is 0.309 e. The zero-order valence-corrected chi connectivity index (χ0v) is 27.9. The second-order valence-electron chi connectivity index (χ2n) is 13.7. The fraction of sp³-hybridized carbons (Fsp3) is 0.0204. The first-order valence-electron chi connectivity index (χ1n) is 17.7. The summed E-state index contributed by atoms with van der Waals surface area (Å²) in [5.74, 6) is 0.217. The number of aromatic nitrogens is 2. The number of benzene rings is 8. The van der Waals surface area contributed by atoms with Gasteiger partial charge in [0.25, 0.3) is 0 Å². The summed E-state index contributed by atoms with van der Waals surface area (Å²) in [5.41, 5.74) is 16.4. The number of hydrogen-bond acceptors (Lipinski definition) is 0. The van der Waals surface area contributed by atoms with Gasteiger partial charge in [-0.05, 0) is 99.6 Å². The summed E-state index contributed by atoms with van der Waals surface area (Å²) in [7, 11) is 0. The van der Waals surface area contributed by atoms with Gasteiger partial charge in [0.1, 0.15) is 0 Å². The molecule has 0 bridgehead atoms. The Morgan fingerprint density at radius 3 is 1.55 bits per heavy atom. The summed E-state index contributed by atoms with van der Waals surface area (Å²) in [6.45, 7) is 0. The van der Waals surface area contributed by atoms with Crippen LogP contribution in [0.2, 0.25) is 0 Å². The standard InChI is InChI=1S/C49H32N2/c1-4-14-32(15-5-1)49-40-22-11-10-20-37(40)38-26-24-33(29-44(38)49)34-25-27-46-41(28-34)43-31-47-42(30-48(43)51(46)36-18-8-3-9-19-36)39-21-12-13-23-45(39)50(47)35-16-6-2-7-17-35/h1-31,49H. The van der Waals surface area contributed by atoms with Crippen molar-refractivity contribution in [3.05, 3.63) is 205 Å². The predicted octanol–water partition coefficient (Wildman–Crippen LogP) is 12.7. The minimum Gasteiger partial charge on any atom is -0.309 e. The molecule has 2 aromatic heterocycles. The Morgan fingerprint density at radius 1 is 0.314 bits per heavy atom. The molecule has 238 valence electrons. The van der Waals surface area contributed by atoms with Crippen molar-refractivity contribution in [1.82, 2.24) is 9.13 Å². The third kappa shape index (κ3) is 4.17. The first kappa shape index (κ1) is 28.2. The van der Waals surface area contributed by atoms with E-state index in [9.17, 15) is 0 Å². The number of para-hydroxylation sites is 3. The summed E-state index contributed by atoms with van der Waals surface area (Å²) in [4.78, 5) is 0. The zero-order chi connectivity index (χ0) is 33.5. The molecular weight excluding hydrogens is 617 g/mol. The van der Waals surface area contributed by atoms with Crippen LogP contribution in [0.5, 0.6) is 0 Å². The Morgan fingerprint density at radius 2 is 0.824 bits per heavy atom. The highest BCUT2D eigenvalue weighted by Crippen LogP contribution is 2.49. The van der Waals surface area contributed by atoms with Crippen LogP contribution in [0.25, 0.3) is 77.2 Å². The van der Waals surface area contributed by atoms with Crippen LogP contribution in [0.4, 0.5) is 0 Å². The van der Waals surface area contributed by atoms with Crippen molar-refractivity contribution in [1.29, 1.82) is 0 Å².